The average Bonchev–Trinajstić information content (AvgIpc) is 3.91. The van der Waals surface area contributed by atoms with Crippen molar-refractivity contribution in [2.45, 2.75) is 5.41 Å². The van der Waals surface area contributed by atoms with E-state index in [0.717, 1.165) is 21.9 Å². The van der Waals surface area contributed by atoms with E-state index in [2.05, 4.69) is 188 Å². The van der Waals surface area contributed by atoms with Crippen LogP contribution in [0, 0.1) is 0 Å². The molecule has 14 rings (SSSR count). The first-order chi connectivity index (χ1) is 28.7. The molecule has 2 aliphatic carbocycles. The molecule has 0 radical (unpaired) electrons. The first-order valence-corrected chi connectivity index (χ1v) is 20.2. The summed E-state index contributed by atoms with van der Waals surface area (Å²) in [5.74, 6) is 0. The fourth-order valence-corrected chi connectivity index (χ4v) is 11.3. The van der Waals surface area contributed by atoms with Crippen LogP contribution < -0.4 is 0 Å². The number of benzene rings is 11. The topological polar surface area (TPSA) is 13.1 Å². The molecular weight excluding hydrogens is 701 g/mol. The first-order valence-electron chi connectivity index (χ1n) is 20.2. The van der Waals surface area contributed by atoms with Gasteiger partial charge >= 0.3 is 0 Å². The maximum Gasteiger partial charge on any atom is 0.135 e. The molecule has 1 spiro atoms. The minimum atomic E-state index is -0.493. The second-order valence-electron chi connectivity index (χ2n) is 16.3. The predicted octanol–water partition coefficient (Wildman–Crippen LogP) is 15.3. The Labute approximate surface area is 334 Å². The van der Waals surface area contributed by atoms with Gasteiger partial charge in [-0.15, -0.1) is 0 Å². The fourth-order valence-electron chi connectivity index (χ4n) is 11.3. The Balaban J connectivity index is 1.05. The van der Waals surface area contributed by atoms with Gasteiger partial charge in [0.25, 0.3) is 0 Å². The third-order valence-corrected chi connectivity index (χ3v) is 13.6. The molecule has 0 aliphatic heterocycles. The number of furan rings is 1. The van der Waals surface area contributed by atoms with Gasteiger partial charge in [-0.25, -0.2) is 0 Å². The summed E-state index contributed by atoms with van der Waals surface area (Å²) in [5, 5.41) is 12.7. The Morgan fingerprint density at radius 1 is 0.293 bits per heavy atom. The second kappa shape index (κ2) is 10.9. The van der Waals surface area contributed by atoms with Gasteiger partial charge in [0.1, 0.15) is 11.2 Å². The van der Waals surface area contributed by atoms with Crippen LogP contribution in [0.1, 0.15) is 22.3 Å². The van der Waals surface area contributed by atoms with E-state index in [0.29, 0.717) is 0 Å². The molecule has 11 aromatic carbocycles. The molecule has 1 heteroatoms. The quantitative estimate of drug-likeness (QED) is 0.161. The summed E-state index contributed by atoms with van der Waals surface area (Å²) in [7, 11) is 0. The molecule has 0 unspecified atom stereocenters. The minimum Gasteiger partial charge on any atom is -0.456 e. The number of hydrogen-bond donors (Lipinski definition) is 0. The number of fused-ring (bicyclic) bond motifs is 15. The molecule has 266 valence electrons. The molecule has 12 aromatic rings. The lowest BCUT2D eigenvalue weighted by molar-refractivity contribution is 0.669. The van der Waals surface area contributed by atoms with Crippen molar-refractivity contribution >= 4 is 65.0 Å². The van der Waals surface area contributed by atoms with Crippen molar-refractivity contribution < 1.29 is 4.42 Å². The highest BCUT2D eigenvalue weighted by atomic mass is 16.3. The predicted molar refractivity (Wildman–Crippen MR) is 242 cm³/mol. The van der Waals surface area contributed by atoms with E-state index < -0.39 is 5.41 Å². The molecule has 0 atom stereocenters. The summed E-state index contributed by atoms with van der Waals surface area (Å²) >= 11 is 0. The van der Waals surface area contributed by atoms with Crippen LogP contribution in [0.25, 0.3) is 110 Å². The summed E-state index contributed by atoms with van der Waals surface area (Å²) in [4.78, 5) is 0. The van der Waals surface area contributed by atoms with Gasteiger partial charge in [0, 0.05) is 10.8 Å². The Hall–Kier alpha value is -7.48. The Kier molecular flexibility index (Phi) is 5.76. The van der Waals surface area contributed by atoms with Crippen LogP contribution in [0.3, 0.4) is 0 Å². The van der Waals surface area contributed by atoms with Gasteiger partial charge in [-0.05, 0) is 146 Å². The molecule has 0 amide bonds. The maximum atomic E-state index is 6.25. The summed E-state index contributed by atoms with van der Waals surface area (Å²) in [6.45, 7) is 0. The zero-order chi connectivity index (χ0) is 37.7. The first kappa shape index (κ1) is 30.7. The summed E-state index contributed by atoms with van der Waals surface area (Å²) < 4.78 is 6.25. The van der Waals surface area contributed by atoms with E-state index >= 15 is 0 Å². The molecule has 0 N–H and O–H groups in total. The lowest BCUT2D eigenvalue weighted by Crippen LogP contribution is -2.26. The van der Waals surface area contributed by atoms with Crippen molar-refractivity contribution in [2.75, 3.05) is 0 Å². The SMILES string of the molecule is c1ccc2c(c1)-c1ccccc1C21c2cc(-c3cc4ccc5cccc6ccc(c3)c4c56)ccc2-c2ccc3c(-c4ccc5oc6ccccc6c5c4)cccc3c21. The molecule has 0 bridgehead atoms. The Bertz CT molecular complexity index is 3640. The number of para-hydroxylation sites is 1. The lowest BCUT2D eigenvalue weighted by Gasteiger charge is -2.32. The van der Waals surface area contributed by atoms with Crippen LogP contribution >= 0.6 is 0 Å². The summed E-state index contributed by atoms with van der Waals surface area (Å²) in [6, 6.07) is 72.8. The molecule has 58 heavy (non-hydrogen) atoms. The van der Waals surface area contributed by atoms with E-state index in [1.807, 2.05) is 6.07 Å². The third kappa shape index (κ3) is 3.77. The molecule has 1 aromatic heterocycles. The second-order valence-corrected chi connectivity index (χ2v) is 16.3. The maximum absolute atomic E-state index is 6.25. The summed E-state index contributed by atoms with van der Waals surface area (Å²) in [6.07, 6.45) is 0. The molecule has 1 heterocycles. The zero-order valence-electron chi connectivity index (χ0n) is 31.4. The standard InChI is InChI=1S/C57H32O/c1-4-16-49-42(11-1)43-12-2-5-17-50(43)57(49)51-32-35(39-29-37-21-19-33-9-7-10-34-20-22-38(30-39)55(37)54(33)34)23-25-44(51)47-27-26-41-40(14-8-15-46(41)56(47)57)36-24-28-53-48(31-36)45-13-3-6-18-52(45)58-53/h1-32H. The highest BCUT2D eigenvalue weighted by Crippen LogP contribution is 2.64. The molecule has 0 saturated heterocycles. The van der Waals surface area contributed by atoms with Crippen LogP contribution in [0.4, 0.5) is 0 Å². The fraction of sp³-hybridized carbons (Fsp3) is 0.0175. The van der Waals surface area contributed by atoms with Crippen molar-refractivity contribution in [1.82, 2.24) is 0 Å². The van der Waals surface area contributed by atoms with Gasteiger partial charge in [-0.2, -0.15) is 0 Å². The van der Waals surface area contributed by atoms with Gasteiger partial charge in [-0.1, -0.05) is 158 Å². The van der Waals surface area contributed by atoms with Crippen molar-refractivity contribution in [3.63, 3.8) is 0 Å². The monoisotopic (exact) mass is 732 g/mol. The largest absolute Gasteiger partial charge is 0.456 e. The van der Waals surface area contributed by atoms with E-state index in [4.69, 9.17) is 4.42 Å². The van der Waals surface area contributed by atoms with Crippen molar-refractivity contribution in [3.8, 4) is 44.5 Å². The van der Waals surface area contributed by atoms with E-state index in [1.54, 1.807) is 0 Å². The Morgan fingerprint density at radius 3 is 1.67 bits per heavy atom. The minimum absolute atomic E-state index is 0.493. The smallest absolute Gasteiger partial charge is 0.135 e. The highest BCUT2D eigenvalue weighted by molar-refractivity contribution is 6.24. The lowest BCUT2D eigenvalue weighted by atomic mass is 9.69. The van der Waals surface area contributed by atoms with Crippen LogP contribution in [-0.2, 0) is 5.41 Å². The third-order valence-electron chi connectivity index (χ3n) is 13.6. The van der Waals surface area contributed by atoms with Gasteiger partial charge in [0.2, 0.25) is 0 Å². The highest BCUT2D eigenvalue weighted by Gasteiger charge is 2.52. The van der Waals surface area contributed by atoms with Crippen molar-refractivity contribution in [3.05, 3.63) is 216 Å². The van der Waals surface area contributed by atoms with E-state index in [1.165, 1.54) is 110 Å². The van der Waals surface area contributed by atoms with Crippen LogP contribution in [0.15, 0.2) is 199 Å². The van der Waals surface area contributed by atoms with Gasteiger partial charge in [0.15, 0.2) is 0 Å². The van der Waals surface area contributed by atoms with Crippen LogP contribution in [0.5, 0.6) is 0 Å². The van der Waals surface area contributed by atoms with E-state index in [-0.39, 0.29) is 0 Å². The number of hydrogen-bond acceptors (Lipinski definition) is 1. The summed E-state index contributed by atoms with van der Waals surface area (Å²) in [5.41, 5.74) is 16.9. The molecule has 2 aliphatic rings. The normalized spacial score (nSPS) is 13.7. The van der Waals surface area contributed by atoms with Gasteiger partial charge in [0.05, 0.1) is 5.41 Å². The van der Waals surface area contributed by atoms with Crippen LogP contribution in [-0.4, -0.2) is 0 Å². The molecule has 0 fully saturated rings. The number of rotatable bonds is 2. The molecular formula is C57H32O. The zero-order valence-corrected chi connectivity index (χ0v) is 31.4. The van der Waals surface area contributed by atoms with Crippen molar-refractivity contribution in [2.24, 2.45) is 0 Å². The van der Waals surface area contributed by atoms with Gasteiger partial charge < -0.3 is 4.42 Å². The van der Waals surface area contributed by atoms with Crippen molar-refractivity contribution in [1.29, 1.82) is 0 Å². The average molecular weight is 733 g/mol. The van der Waals surface area contributed by atoms with E-state index in [9.17, 15) is 0 Å². The molecule has 0 saturated carbocycles. The molecule has 1 nitrogen and oxygen atoms in total. The van der Waals surface area contributed by atoms with Crippen LogP contribution in [0.2, 0.25) is 0 Å². The van der Waals surface area contributed by atoms with Gasteiger partial charge in [-0.3, -0.25) is 0 Å². The Morgan fingerprint density at radius 2 is 0.879 bits per heavy atom.